The second kappa shape index (κ2) is 9.26. The minimum Gasteiger partial charge on any atom is -0.490 e. The largest absolute Gasteiger partial charge is 0.490 e. The average Bonchev–Trinajstić information content (AvgIpc) is 2.62. The fourth-order valence-corrected chi connectivity index (χ4v) is 4.00. The Morgan fingerprint density at radius 2 is 2.04 bits per heavy atom. The van der Waals surface area contributed by atoms with Crippen molar-refractivity contribution in [3.63, 3.8) is 0 Å². The van der Waals surface area contributed by atoms with E-state index in [9.17, 15) is 4.79 Å². The van der Waals surface area contributed by atoms with E-state index >= 15 is 0 Å². The minimum absolute atomic E-state index is 0.153. The second-order valence-electron chi connectivity index (χ2n) is 8.45. The summed E-state index contributed by atoms with van der Waals surface area (Å²) in [7, 11) is 0. The maximum absolute atomic E-state index is 12.1. The molecule has 0 atom stereocenters. The fraction of sp³-hybridized carbons (Fsp3) is 0.565. The first-order valence-electron chi connectivity index (χ1n) is 10.5. The van der Waals surface area contributed by atoms with Crippen molar-refractivity contribution >= 4 is 22.5 Å². The van der Waals surface area contributed by atoms with Gasteiger partial charge in [0, 0.05) is 23.8 Å². The van der Waals surface area contributed by atoms with E-state index in [4.69, 9.17) is 10.5 Å². The lowest BCUT2D eigenvalue weighted by Gasteiger charge is -2.30. The first-order valence-corrected chi connectivity index (χ1v) is 10.5. The smallest absolute Gasteiger partial charge is 0.220 e. The normalized spacial score (nSPS) is 19.7. The lowest BCUT2D eigenvalue weighted by molar-refractivity contribution is -0.122. The van der Waals surface area contributed by atoms with E-state index in [1.54, 1.807) is 0 Å². The summed E-state index contributed by atoms with van der Waals surface area (Å²) in [5, 5.41) is 4.09. The molecule has 5 heteroatoms. The molecule has 0 bridgehead atoms. The van der Waals surface area contributed by atoms with Gasteiger partial charge >= 0.3 is 0 Å². The van der Waals surface area contributed by atoms with E-state index < -0.39 is 0 Å². The molecular weight excluding hydrogens is 350 g/mol. The van der Waals surface area contributed by atoms with Gasteiger partial charge in [-0.05, 0) is 63.1 Å². The fourth-order valence-electron chi connectivity index (χ4n) is 4.00. The molecule has 3 rings (SSSR count). The van der Waals surface area contributed by atoms with Crippen LogP contribution in [0, 0.1) is 12.8 Å². The predicted molar refractivity (Wildman–Crippen MR) is 114 cm³/mol. The van der Waals surface area contributed by atoms with Crippen LogP contribution >= 0.6 is 0 Å². The number of benzene rings is 1. The lowest BCUT2D eigenvalue weighted by Crippen LogP contribution is -2.39. The van der Waals surface area contributed by atoms with Crippen LogP contribution in [-0.2, 0) is 4.79 Å². The van der Waals surface area contributed by atoms with E-state index in [1.807, 2.05) is 31.2 Å². The number of hydrogen-bond donors (Lipinski definition) is 2. The Hall–Kier alpha value is -2.30. The number of nitrogens with two attached hydrogens (primary N) is 1. The molecule has 5 nitrogen and oxygen atoms in total. The van der Waals surface area contributed by atoms with Gasteiger partial charge in [0.1, 0.15) is 5.75 Å². The lowest BCUT2D eigenvalue weighted by atomic mass is 9.92. The van der Waals surface area contributed by atoms with Crippen LogP contribution in [0.5, 0.6) is 5.75 Å². The zero-order valence-corrected chi connectivity index (χ0v) is 17.3. The number of nitrogens with zero attached hydrogens (tertiary/aromatic N) is 1. The van der Waals surface area contributed by atoms with Crippen molar-refractivity contribution in [2.75, 3.05) is 5.73 Å². The van der Waals surface area contributed by atoms with Gasteiger partial charge in [0.05, 0.1) is 17.0 Å². The number of anilines is 1. The van der Waals surface area contributed by atoms with Crippen LogP contribution in [0.25, 0.3) is 10.9 Å². The molecule has 0 unspecified atom stereocenters. The van der Waals surface area contributed by atoms with Crippen LogP contribution in [0.3, 0.4) is 0 Å². The molecule has 152 valence electrons. The highest BCUT2D eigenvalue weighted by molar-refractivity contribution is 5.95. The topological polar surface area (TPSA) is 77.2 Å². The number of fused-ring (bicyclic) bond motifs is 1. The van der Waals surface area contributed by atoms with Crippen molar-refractivity contribution in [3.05, 3.63) is 30.0 Å². The second-order valence-corrected chi connectivity index (χ2v) is 8.45. The molecule has 1 fully saturated rings. The van der Waals surface area contributed by atoms with Gasteiger partial charge in [-0.25, -0.2) is 0 Å². The van der Waals surface area contributed by atoms with Gasteiger partial charge in [0.25, 0.3) is 0 Å². The molecule has 1 aromatic carbocycles. The van der Waals surface area contributed by atoms with Crippen molar-refractivity contribution in [1.29, 1.82) is 0 Å². The van der Waals surface area contributed by atoms with Gasteiger partial charge < -0.3 is 15.8 Å². The van der Waals surface area contributed by atoms with Crippen LogP contribution < -0.4 is 15.8 Å². The first kappa shape index (κ1) is 20.4. The molecule has 1 aliphatic carbocycles. The standard InChI is InChI=1S/C23H33N3O2/c1-15(2)6-4-9-22(27)26-17-10-12-18(13-11-17)28-21-8-5-7-20-23(21)19(24)14-16(3)25-20/h5,7-8,14-15,17-18H,4,6,9-13H2,1-3H3,(H2,24,25)(H,26,27). The number of nitrogens with one attached hydrogen (secondary N) is 1. The summed E-state index contributed by atoms with van der Waals surface area (Å²) >= 11 is 0. The summed E-state index contributed by atoms with van der Waals surface area (Å²) in [6, 6.07) is 8.07. The molecule has 1 heterocycles. The monoisotopic (exact) mass is 383 g/mol. The SMILES string of the molecule is Cc1cc(N)c2c(OC3CCC(NC(=O)CCCC(C)C)CC3)cccc2n1. The molecule has 2 aromatic rings. The number of ether oxygens (including phenoxy) is 1. The molecule has 0 spiro atoms. The third-order valence-electron chi connectivity index (χ3n) is 5.47. The Labute approximate surface area is 168 Å². The Bertz CT molecular complexity index is 811. The number of amides is 1. The number of carbonyl (C=O) groups is 1. The Kier molecular flexibility index (Phi) is 6.76. The minimum atomic E-state index is 0.153. The molecular formula is C23H33N3O2. The number of hydrogen-bond acceptors (Lipinski definition) is 4. The maximum atomic E-state index is 12.1. The Balaban J connectivity index is 1.52. The number of aromatic nitrogens is 1. The van der Waals surface area contributed by atoms with Gasteiger partial charge in [-0.3, -0.25) is 9.78 Å². The summed E-state index contributed by atoms with van der Waals surface area (Å²) in [6.07, 6.45) is 6.65. The molecule has 0 saturated heterocycles. The third kappa shape index (κ3) is 5.37. The van der Waals surface area contributed by atoms with Crippen LogP contribution in [0.15, 0.2) is 24.3 Å². The van der Waals surface area contributed by atoms with Crippen LogP contribution in [-0.4, -0.2) is 23.0 Å². The number of rotatable bonds is 7. The van der Waals surface area contributed by atoms with Gasteiger partial charge in [0.2, 0.25) is 5.91 Å². The number of nitrogen functional groups attached to an aromatic ring is 1. The predicted octanol–water partition coefficient (Wildman–Crippen LogP) is 4.76. The summed E-state index contributed by atoms with van der Waals surface area (Å²) in [5.74, 6) is 1.65. The summed E-state index contributed by atoms with van der Waals surface area (Å²) in [4.78, 5) is 16.7. The van der Waals surface area contributed by atoms with Crippen molar-refractivity contribution in [3.8, 4) is 5.75 Å². The number of carbonyl (C=O) groups excluding carboxylic acids is 1. The molecule has 1 aromatic heterocycles. The average molecular weight is 384 g/mol. The van der Waals surface area contributed by atoms with E-state index in [2.05, 4.69) is 24.1 Å². The van der Waals surface area contributed by atoms with Crippen molar-refractivity contribution in [2.45, 2.75) is 77.9 Å². The van der Waals surface area contributed by atoms with Crippen LogP contribution in [0.2, 0.25) is 0 Å². The van der Waals surface area contributed by atoms with E-state index in [-0.39, 0.29) is 18.1 Å². The zero-order valence-electron chi connectivity index (χ0n) is 17.3. The molecule has 3 N–H and O–H groups in total. The van der Waals surface area contributed by atoms with E-state index in [0.29, 0.717) is 18.0 Å². The molecule has 1 aliphatic rings. The highest BCUT2D eigenvalue weighted by atomic mass is 16.5. The third-order valence-corrected chi connectivity index (χ3v) is 5.47. The van der Waals surface area contributed by atoms with Crippen molar-refractivity contribution in [1.82, 2.24) is 10.3 Å². The molecule has 0 radical (unpaired) electrons. The van der Waals surface area contributed by atoms with Gasteiger partial charge in [-0.15, -0.1) is 0 Å². The number of pyridine rings is 1. The zero-order chi connectivity index (χ0) is 20.1. The maximum Gasteiger partial charge on any atom is 0.220 e. The Morgan fingerprint density at radius 1 is 1.29 bits per heavy atom. The molecule has 0 aliphatic heterocycles. The molecule has 1 amide bonds. The number of aryl methyl sites for hydroxylation is 1. The van der Waals surface area contributed by atoms with Gasteiger partial charge in [-0.1, -0.05) is 26.3 Å². The van der Waals surface area contributed by atoms with E-state index in [1.165, 1.54) is 0 Å². The molecule has 28 heavy (non-hydrogen) atoms. The highest BCUT2D eigenvalue weighted by Gasteiger charge is 2.24. The van der Waals surface area contributed by atoms with Crippen LogP contribution in [0.1, 0.15) is 64.5 Å². The Morgan fingerprint density at radius 3 is 2.75 bits per heavy atom. The summed E-state index contributed by atoms with van der Waals surface area (Å²) in [5.41, 5.74) is 8.72. The summed E-state index contributed by atoms with van der Waals surface area (Å²) < 4.78 is 6.30. The van der Waals surface area contributed by atoms with Crippen molar-refractivity contribution < 1.29 is 9.53 Å². The van der Waals surface area contributed by atoms with Gasteiger partial charge in [0.15, 0.2) is 0 Å². The van der Waals surface area contributed by atoms with Crippen molar-refractivity contribution in [2.24, 2.45) is 5.92 Å². The summed E-state index contributed by atoms with van der Waals surface area (Å²) in [6.45, 7) is 6.33. The van der Waals surface area contributed by atoms with E-state index in [0.717, 1.165) is 60.9 Å². The molecule has 1 saturated carbocycles. The quantitative estimate of drug-likeness (QED) is 0.723. The van der Waals surface area contributed by atoms with Crippen LogP contribution in [0.4, 0.5) is 5.69 Å². The van der Waals surface area contributed by atoms with Gasteiger partial charge in [-0.2, -0.15) is 0 Å². The first-order chi connectivity index (χ1) is 13.4. The highest BCUT2D eigenvalue weighted by Crippen LogP contribution is 2.33.